The number of hydrogen-bond donors (Lipinski definition) is 1. The van der Waals surface area contributed by atoms with Gasteiger partial charge in [-0.2, -0.15) is 13.2 Å². The molecule has 1 aromatic carbocycles. The van der Waals surface area contributed by atoms with Crippen LogP contribution in [-0.2, 0) is 12.6 Å². The molecule has 2 rings (SSSR count). The first-order chi connectivity index (χ1) is 7.88. The van der Waals surface area contributed by atoms with Gasteiger partial charge in [-0.25, -0.2) is 0 Å². The fourth-order valence-electron chi connectivity index (χ4n) is 2.20. The van der Waals surface area contributed by atoms with Crippen molar-refractivity contribution in [2.75, 3.05) is 0 Å². The molecular weight excluding hydrogens is 227 g/mol. The number of halogens is 3. The van der Waals surface area contributed by atoms with Crippen molar-refractivity contribution in [3.05, 3.63) is 35.4 Å². The maximum absolute atomic E-state index is 12.3. The van der Waals surface area contributed by atoms with Crippen LogP contribution in [0.25, 0.3) is 0 Å². The summed E-state index contributed by atoms with van der Waals surface area (Å²) < 4.78 is 37.0. The Hall–Kier alpha value is -1.03. The average molecular weight is 243 g/mol. The second kappa shape index (κ2) is 4.33. The van der Waals surface area contributed by atoms with Gasteiger partial charge in [-0.1, -0.05) is 19.1 Å². The lowest BCUT2D eigenvalue weighted by Crippen LogP contribution is -2.25. The minimum Gasteiger partial charge on any atom is -0.327 e. The lowest BCUT2D eigenvalue weighted by molar-refractivity contribution is -0.137. The predicted molar refractivity (Wildman–Crippen MR) is 60.4 cm³/mol. The van der Waals surface area contributed by atoms with E-state index in [2.05, 4.69) is 6.92 Å². The highest BCUT2D eigenvalue weighted by Gasteiger charge is 2.37. The van der Waals surface area contributed by atoms with E-state index < -0.39 is 11.7 Å². The maximum atomic E-state index is 12.3. The zero-order valence-corrected chi connectivity index (χ0v) is 9.67. The molecule has 3 atom stereocenters. The van der Waals surface area contributed by atoms with Gasteiger partial charge in [-0.05, 0) is 42.4 Å². The Balaban J connectivity index is 1.98. The van der Waals surface area contributed by atoms with Crippen molar-refractivity contribution in [1.82, 2.24) is 0 Å². The van der Waals surface area contributed by atoms with Gasteiger partial charge >= 0.3 is 6.18 Å². The minimum absolute atomic E-state index is 0.0711. The summed E-state index contributed by atoms with van der Waals surface area (Å²) >= 11 is 0. The monoisotopic (exact) mass is 243 g/mol. The van der Waals surface area contributed by atoms with Crippen LogP contribution in [0.3, 0.4) is 0 Å². The largest absolute Gasteiger partial charge is 0.416 e. The van der Waals surface area contributed by atoms with Crippen LogP contribution in [0.1, 0.15) is 24.5 Å². The molecule has 4 heteroatoms. The molecule has 0 amide bonds. The lowest BCUT2D eigenvalue weighted by atomic mass is 10.0. The van der Waals surface area contributed by atoms with Crippen molar-refractivity contribution in [3.63, 3.8) is 0 Å². The van der Waals surface area contributed by atoms with Crippen LogP contribution >= 0.6 is 0 Å². The number of benzene rings is 1. The summed E-state index contributed by atoms with van der Waals surface area (Å²) in [5, 5.41) is 0. The number of hydrogen-bond acceptors (Lipinski definition) is 1. The van der Waals surface area contributed by atoms with Gasteiger partial charge in [0.15, 0.2) is 0 Å². The Morgan fingerprint density at radius 1 is 1.29 bits per heavy atom. The van der Waals surface area contributed by atoms with E-state index in [1.54, 1.807) is 0 Å². The first-order valence-corrected chi connectivity index (χ1v) is 5.79. The normalized spacial score (nSPS) is 25.7. The summed E-state index contributed by atoms with van der Waals surface area (Å²) in [6.07, 6.45) is -2.46. The molecule has 0 spiro atoms. The molecule has 2 N–H and O–H groups in total. The molecule has 3 unspecified atom stereocenters. The van der Waals surface area contributed by atoms with Gasteiger partial charge in [0.25, 0.3) is 0 Å². The first-order valence-electron chi connectivity index (χ1n) is 5.79. The third-order valence-corrected chi connectivity index (χ3v) is 3.47. The van der Waals surface area contributed by atoms with Crippen molar-refractivity contribution < 1.29 is 13.2 Å². The summed E-state index contributed by atoms with van der Waals surface area (Å²) in [6.45, 7) is 2.15. The van der Waals surface area contributed by atoms with Gasteiger partial charge < -0.3 is 5.73 Å². The van der Waals surface area contributed by atoms with Crippen LogP contribution in [-0.4, -0.2) is 6.04 Å². The van der Waals surface area contributed by atoms with Crippen molar-refractivity contribution in [1.29, 1.82) is 0 Å². The van der Waals surface area contributed by atoms with E-state index in [0.717, 1.165) is 24.1 Å². The van der Waals surface area contributed by atoms with E-state index in [0.29, 0.717) is 18.3 Å². The molecule has 17 heavy (non-hydrogen) atoms. The van der Waals surface area contributed by atoms with E-state index in [1.165, 1.54) is 12.1 Å². The van der Waals surface area contributed by atoms with Crippen LogP contribution in [0.15, 0.2) is 24.3 Å². The number of alkyl halides is 3. The Labute approximate surface area is 98.8 Å². The van der Waals surface area contributed by atoms with E-state index in [9.17, 15) is 13.2 Å². The molecule has 0 bridgehead atoms. The molecule has 1 aromatic rings. The summed E-state index contributed by atoms with van der Waals surface area (Å²) in [5.41, 5.74) is 6.28. The third kappa shape index (κ3) is 3.00. The van der Waals surface area contributed by atoms with E-state index >= 15 is 0 Å². The Kier molecular flexibility index (Phi) is 3.17. The van der Waals surface area contributed by atoms with Gasteiger partial charge in [-0.3, -0.25) is 0 Å². The molecule has 0 aromatic heterocycles. The molecule has 1 fully saturated rings. The molecule has 1 aliphatic carbocycles. The van der Waals surface area contributed by atoms with Crippen molar-refractivity contribution >= 4 is 0 Å². The Morgan fingerprint density at radius 3 is 2.24 bits per heavy atom. The fraction of sp³-hybridized carbons (Fsp3) is 0.538. The summed E-state index contributed by atoms with van der Waals surface area (Å²) in [4.78, 5) is 0. The van der Waals surface area contributed by atoms with Gasteiger partial charge in [0.1, 0.15) is 0 Å². The third-order valence-electron chi connectivity index (χ3n) is 3.47. The van der Waals surface area contributed by atoms with Crippen molar-refractivity contribution in [3.8, 4) is 0 Å². The average Bonchev–Trinajstić information content (AvgIpc) is 2.95. The SMILES string of the molecule is CC1CC1C(N)Cc1ccc(C(F)(F)F)cc1. The molecular formula is C13H16F3N. The van der Waals surface area contributed by atoms with E-state index in [-0.39, 0.29) is 6.04 Å². The zero-order chi connectivity index (χ0) is 12.6. The van der Waals surface area contributed by atoms with E-state index in [1.807, 2.05) is 0 Å². The van der Waals surface area contributed by atoms with Gasteiger partial charge in [0.05, 0.1) is 5.56 Å². The molecule has 0 heterocycles. The van der Waals surface area contributed by atoms with Crippen LogP contribution in [0.5, 0.6) is 0 Å². The summed E-state index contributed by atoms with van der Waals surface area (Å²) in [7, 11) is 0. The Bertz CT molecular complexity index is 383. The second-order valence-electron chi connectivity index (χ2n) is 4.94. The van der Waals surface area contributed by atoms with Crippen LogP contribution in [0, 0.1) is 11.8 Å². The second-order valence-corrected chi connectivity index (χ2v) is 4.94. The van der Waals surface area contributed by atoms with Gasteiger partial charge in [-0.15, -0.1) is 0 Å². The first kappa shape index (κ1) is 12.4. The maximum Gasteiger partial charge on any atom is 0.416 e. The van der Waals surface area contributed by atoms with Gasteiger partial charge in [0.2, 0.25) is 0 Å². The number of nitrogens with two attached hydrogens (primary N) is 1. The highest BCUT2D eigenvalue weighted by molar-refractivity contribution is 5.25. The topological polar surface area (TPSA) is 26.0 Å². The molecule has 1 saturated carbocycles. The van der Waals surface area contributed by atoms with Gasteiger partial charge in [0, 0.05) is 6.04 Å². The summed E-state index contributed by atoms with van der Waals surface area (Å²) in [5.74, 6) is 1.21. The highest BCUT2D eigenvalue weighted by atomic mass is 19.4. The molecule has 0 aliphatic heterocycles. The van der Waals surface area contributed by atoms with E-state index in [4.69, 9.17) is 5.73 Å². The summed E-state index contributed by atoms with van der Waals surface area (Å²) in [6, 6.07) is 5.36. The molecule has 1 nitrogen and oxygen atoms in total. The van der Waals surface area contributed by atoms with Crippen LogP contribution < -0.4 is 5.73 Å². The molecule has 0 radical (unpaired) electrons. The van der Waals surface area contributed by atoms with Crippen LogP contribution in [0.2, 0.25) is 0 Å². The Morgan fingerprint density at radius 2 is 1.82 bits per heavy atom. The highest BCUT2D eigenvalue weighted by Crippen LogP contribution is 2.40. The zero-order valence-electron chi connectivity index (χ0n) is 9.67. The molecule has 0 saturated heterocycles. The van der Waals surface area contributed by atoms with Crippen molar-refractivity contribution in [2.45, 2.75) is 32.0 Å². The lowest BCUT2D eigenvalue weighted by Gasteiger charge is -2.12. The predicted octanol–water partition coefficient (Wildman–Crippen LogP) is 3.23. The quantitative estimate of drug-likeness (QED) is 0.866. The van der Waals surface area contributed by atoms with Crippen molar-refractivity contribution in [2.24, 2.45) is 17.6 Å². The molecule has 1 aliphatic rings. The molecule has 94 valence electrons. The van der Waals surface area contributed by atoms with Crippen LogP contribution in [0.4, 0.5) is 13.2 Å². The number of rotatable bonds is 3. The fourth-order valence-corrected chi connectivity index (χ4v) is 2.20. The minimum atomic E-state index is -4.26. The standard InChI is InChI=1S/C13H16F3N/c1-8-6-11(8)12(17)7-9-2-4-10(5-3-9)13(14,15)16/h2-5,8,11-12H,6-7,17H2,1H3. The smallest absolute Gasteiger partial charge is 0.327 e.